The molecule has 0 fully saturated rings. The van der Waals surface area contributed by atoms with E-state index < -0.39 is 65.7 Å². The van der Waals surface area contributed by atoms with E-state index >= 15 is 0 Å². The summed E-state index contributed by atoms with van der Waals surface area (Å²) in [6.45, 7) is 1.51. The number of aliphatic hydroxyl groups is 1. The summed E-state index contributed by atoms with van der Waals surface area (Å²) in [4.78, 5) is 22.1. The Morgan fingerprint density at radius 1 is 0.897 bits per heavy atom. The summed E-state index contributed by atoms with van der Waals surface area (Å²) in [5, 5.41) is 8.89. The Bertz CT molecular complexity index is 556. The third kappa shape index (κ3) is 5.36. The number of hydrogen-bond acceptors (Lipinski definition) is 5. The Morgan fingerprint density at radius 2 is 1.28 bits per heavy atom. The lowest BCUT2D eigenvalue weighted by atomic mass is 9.91. The molecule has 0 aliphatic heterocycles. The Balaban J connectivity index is 7.31. The van der Waals surface area contributed by atoms with Crippen molar-refractivity contribution in [1.29, 1.82) is 0 Å². The summed E-state index contributed by atoms with van der Waals surface area (Å²) in [5.74, 6) is -2.06. The first-order chi connectivity index (χ1) is 12.7. The van der Waals surface area contributed by atoms with Gasteiger partial charge >= 0.3 is 36.1 Å². The molecule has 0 aromatic carbocycles. The number of carbonyl (C=O) groups is 2. The van der Waals surface area contributed by atoms with Crippen molar-refractivity contribution in [3.8, 4) is 0 Å². The van der Waals surface area contributed by atoms with Gasteiger partial charge in [-0.1, -0.05) is 0 Å². The number of ether oxygens (including phenoxy) is 2. The standard InChI is InChI=1S/C14H18F9NO5/c1-10(2,3)29-9(27)24(7(5-6-25)8(26)28-4)11(12(15,16)17,13(18,19)20)14(21,22)23/h7,25H,5-6H2,1-4H3/t7-/m0/s1. The van der Waals surface area contributed by atoms with Crippen molar-refractivity contribution in [2.24, 2.45) is 0 Å². The van der Waals surface area contributed by atoms with Crippen molar-refractivity contribution in [2.45, 2.75) is 62.9 Å². The molecule has 0 rings (SSSR count). The van der Waals surface area contributed by atoms with Gasteiger partial charge in [0, 0.05) is 13.0 Å². The van der Waals surface area contributed by atoms with Crippen LogP contribution in [0.3, 0.4) is 0 Å². The molecule has 0 bridgehead atoms. The number of esters is 1. The van der Waals surface area contributed by atoms with Crippen LogP contribution in [-0.2, 0) is 14.3 Å². The zero-order valence-corrected chi connectivity index (χ0v) is 15.4. The topological polar surface area (TPSA) is 76.1 Å². The van der Waals surface area contributed by atoms with Gasteiger partial charge in [-0.15, -0.1) is 0 Å². The number of halogens is 9. The molecular formula is C14H18F9NO5. The molecular weight excluding hydrogens is 433 g/mol. The quantitative estimate of drug-likeness (QED) is 0.511. The number of methoxy groups -OCH3 is 1. The van der Waals surface area contributed by atoms with Gasteiger partial charge in [-0.25, -0.2) is 9.59 Å². The molecule has 0 unspecified atom stereocenters. The van der Waals surface area contributed by atoms with E-state index in [1.165, 1.54) is 0 Å². The van der Waals surface area contributed by atoms with Crippen LogP contribution < -0.4 is 0 Å². The Labute approximate surface area is 158 Å². The molecule has 1 atom stereocenters. The summed E-state index contributed by atoms with van der Waals surface area (Å²) < 4.78 is 130. The smallest absolute Gasteiger partial charge is 0.430 e. The van der Waals surface area contributed by atoms with Crippen molar-refractivity contribution in [3.05, 3.63) is 0 Å². The van der Waals surface area contributed by atoms with Crippen LogP contribution in [0.1, 0.15) is 27.2 Å². The van der Waals surface area contributed by atoms with Crippen LogP contribution >= 0.6 is 0 Å². The molecule has 1 N–H and O–H groups in total. The first-order valence-corrected chi connectivity index (χ1v) is 7.60. The lowest BCUT2D eigenvalue weighted by Gasteiger charge is -2.47. The molecule has 15 heteroatoms. The number of amides is 1. The van der Waals surface area contributed by atoms with E-state index in [-0.39, 0.29) is 0 Å². The fraction of sp³-hybridized carbons (Fsp3) is 0.857. The van der Waals surface area contributed by atoms with Crippen LogP contribution in [0, 0.1) is 0 Å². The van der Waals surface area contributed by atoms with Crippen molar-refractivity contribution in [3.63, 3.8) is 0 Å². The van der Waals surface area contributed by atoms with Gasteiger partial charge in [-0.2, -0.15) is 39.5 Å². The van der Waals surface area contributed by atoms with Gasteiger partial charge in [0.25, 0.3) is 0 Å². The maximum atomic E-state index is 13.5. The van der Waals surface area contributed by atoms with Crippen LogP contribution in [0.15, 0.2) is 0 Å². The summed E-state index contributed by atoms with van der Waals surface area (Å²) >= 11 is 0. The second-order valence-electron chi connectivity index (χ2n) is 6.61. The zero-order valence-electron chi connectivity index (χ0n) is 15.4. The third-order valence-electron chi connectivity index (χ3n) is 3.37. The van der Waals surface area contributed by atoms with Crippen LogP contribution in [0.2, 0.25) is 0 Å². The molecule has 172 valence electrons. The molecule has 0 aromatic heterocycles. The fourth-order valence-corrected chi connectivity index (χ4v) is 2.31. The second-order valence-corrected chi connectivity index (χ2v) is 6.61. The van der Waals surface area contributed by atoms with E-state index in [1.807, 2.05) is 0 Å². The van der Waals surface area contributed by atoms with Gasteiger partial charge in [0.05, 0.1) is 7.11 Å². The van der Waals surface area contributed by atoms with Gasteiger partial charge in [0.15, 0.2) is 0 Å². The highest BCUT2D eigenvalue weighted by molar-refractivity contribution is 5.82. The summed E-state index contributed by atoms with van der Waals surface area (Å²) in [7, 11) is 0.455. The molecule has 0 spiro atoms. The van der Waals surface area contributed by atoms with Crippen LogP contribution in [0.25, 0.3) is 0 Å². The fourth-order valence-electron chi connectivity index (χ4n) is 2.31. The van der Waals surface area contributed by atoms with Gasteiger partial charge < -0.3 is 14.6 Å². The minimum absolute atomic E-state index is 0.455. The van der Waals surface area contributed by atoms with Gasteiger partial charge in [-0.05, 0) is 20.8 Å². The molecule has 0 aromatic rings. The van der Waals surface area contributed by atoms with Crippen LogP contribution in [0.5, 0.6) is 0 Å². The molecule has 6 nitrogen and oxygen atoms in total. The lowest BCUT2D eigenvalue weighted by molar-refractivity contribution is -0.418. The number of carbonyl (C=O) groups excluding carboxylic acids is 2. The zero-order chi connectivity index (χ0) is 23.6. The van der Waals surface area contributed by atoms with E-state index in [0.29, 0.717) is 7.11 Å². The van der Waals surface area contributed by atoms with Crippen molar-refractivity contribution < 1.29 is 63.7 Å². The average Bonchev–Trinajstić information content (AvgIpc) is 2.43. The lowest BCUT2D eigenvalue weighted by Crippen LogP contribution is -2.78. The van der Waals surface area contributed by atoms with Crippen molar-refractivity contribution >= 4 is 12.1 Å². The van der Waals surface area contributed by atoms with Gasteiger partial charge in [-0.3, -0.25) is 4.90 Å². The highest BCUT2D eigenvalue weighted by atomic mass is 19.4. The Kier molecular flexibility index (Phi) is 7.88. The first kappa shape index (κ1) is 27.1. The number of aliphatic hydroxyl groups excluding tert-OH is 1. The maximum absolute atomic E-state index is 13.5. The normalized spacial score (nSPS) is 15.0. The molecule has 0 saturated heterocycles. The molecule has 0 radical (unpaired) electrons. The predicted octanol–water partition coefficient (Wildman–Crippen LogP) is 3.57. The van der Waals surface area contributed by atoms with Crippen LogP contribution in [0.4, 0.5) is 44.3 Å². The van der Waals surface area contributed by atoms with E-state index in [9.17, 15) is 49.1 Å². The number of rotatable bonds is 5. The molecule has 29 heavy (non-hydrogen) atoms. The Morgan fingerprint density at radius 3 is 1.52 bits per heavy atom. The van der Waals surface area contributed by atoms with Crippen LogP contribution in [-0.4, -0.2) is 71.5 Å². The largest absolute Gasteiger partial charge is 0.467 e. The summed E-state index contributed by atoms with van der Waals surface area (Å²) in [6, 6.07) is -3.13. The molecule has 0 aliphatic rings. The minimum Gasteiger partial charge on any atom is -0.467 e. The predicted molar refractivity (Wildman–Crippen MR) is 76.5 cm³/mol. The third-order valence-corrected chi connectivity index (χ3v) is 3.37. The Hall–Kier alpha value is -1.93. The molecule has 0 heterocycles. The number of alkyl halides is 9. The first-order valence-electron chi connectivity index (χ1n) is 7.60. The van der Waals surface area contributed by atoms with E-state index in [4.69, 9.17) is 5.11 Å². The van der Waals surface area contributed by atoms with Gasteiger partial charge in [0.1, 0.15) is 11.6 Å². The van der Waals surface area contributed by atoms with E-state index in [0.717, 1.165) is 20.8 Å². The number of nitrogens with zero attached hydrogens (tertiary/aromatic N) is 1. The van der Waals surface area contributed by atoms with Gasteiger partial charge in [0.2, 0.25) is 0 Å². The molecule has 0 saturated carbocycles. The second kappa shape index (κ2) is 8.44. The maximum Gasteiger partial charge on any atom is 0.430 e. The summed E-state index contributed by atoms with van der Waals surface area (Å²) in [6.07, 6.45) is -25.8. The number of hydrogen-bond donors (Lipinski definition) is 1. The SMILES string of the molecule is COC(=O)[C@H](CCO)N(C(=O)OC(C)(C)C)C(C(F)(F)F)(C(F)(F)F)C(F)(F)F. The van der Waals surface area contributed by atoms with Crippen molar-refractivity contribution in [2.75, 3.05) is 13.7 Å². The highest BCUT2D eigenvalue weighted by Gasteiger charge is 2.88. The average molecular weight is 451 g/mol. The molecule has 1 amide bonds. The minimum atomic E-state index is -7.19. The van der Waals surface area contributed by atoms with E-state index in [1.54, 1.807) is 0 Å². The van der Waals surface area contributed by atoms with E-state index in [2.05, 4.69) is 9.47 Å². The summed E-state index contributed by atoms with van der Waals surface area (Å²) in [5.41, 5.74) is -8.67. The monoisotopic (exact) mass is 451 g/mol. The highest BCUT2D eigenvalue weighted by Crippen LogP contribution is 2.57. The van der Waals surface area contributed by atoms with Crippen molar-refractivity contribution in [1.82, 2.24) is 4.90 Å². The molecule has 0 aliphatic carbocycles.